The highest BCUT2D eigenvalue weighted by atomic mass is 14.9. The molecule has 0 saturated carbocycles. The summed E-state index contributed by atoms with van der Waals surface area (Å²) in [4.78, 5) is 0. The lowest BCUT2D eigenvalue weighted by Gasteiger charge is -2.28. The lowest BCUT2D eigenvalue weighted by molar-refractivity contribution is 0.589. The van der Waals surface area contributed by atoms with Gasteiger partial charge in [-0.2, -0.15) is 0 Å². The van der Waals surface area contributed by atoms with Gasteiger partial charge in [0.1, 0.15) is 0 Å². The molecule has 0 radical (unpaired) electrons. The van der Waals surface area contributed by atoms with Crippen LogP contribution in [-0.2, 0) is 10.8 Å². The Morgan fingerprint density at radius 2 is 1.27 bits per heavy atom. The topological polar surface area (TPSA) is 38.0 Å². The predicted octanol–water partition coefficient (Wildman–Crippen LogP) is 10.6. The molecule has 40 heavy (non-hydrogen) atoms. The summed E-state index contributed by atoms with van der Waals surface area (Å²) in [7, 11) is 0. The SMILES string of the molecule is [2H]CC(C)(C[2H])c1cc(-c2ccc(-c3c([2H])c([2H])c([2H])c([2H])c3[2H])cc2)c(Nc2ccccc2N)c(-c2ccccc2C(C)(C)C)c1. The van der Waals surface area contributed by atoms with Crippen molar-refractivity contribution in [1.29, 1.82) is 0 Å². The molecule has 5 rings (SSSR count). The fraction of sp³-hybridized carbons (Fsp3) is 0.211. The van der Waals surface area contributed by atoms with Gasteiger partial charge in [-0.15, -0.1) is 0 Å². The van der Waals surface area contributed by atoms with Crippen molar-refractivity contribution >= 4 is 17.1 Å². The Morgan fingerprint density at radius 3 is 1.95 bits per heavy atom. The summed E-state index contributed by atoms with van der Waals surface area (Å²) in [5, 5.41) is 3.64. The number of benzene rings is 5. The normalized spacial score (nSPS) is 14.2. The number of rotatable bonds is 5. The van der Waals surface area contributed by atoms with Crippen molar-refractivity contribution in [1.82, 2.24) is 0 Å². The van der Waals surface area contributed by atoms with E-state index in [1.807, 2.05) is 61.5 Å². The minimum atomic E-state index is -0.738. The molecule has 0 bridgehead atoms. The predicted molar refractivity (Wildman–Crippen MR) is 174 cm³/mol. The van der Waals surface area contributed by atoms with E-state index in [1.54, 1.807) is 12.1 Å². The van der Waals surface area contributed by atoms with Crippen LogP contribution in [-0.4, -0.2) is 0 Å². The Morgan fingerprint density at radius 1 is 0.650 bits per heavy atom. The third-order valence-corrected chi connectivity index (χ3v) is 7.07. The number of nitrogen functional groups attached to an aromatic ring is 1. The van der Waals surface area contributed by atoms with Gasteiger partial charge in [-0.3, -0.25) is 0 Å². The first kappa shape index (κ1) is 19.7. The van der Waals surface area contributed by atoms with Gasteiger partial charge in [-0.1, -0.05) is 132 Å². The number of hydrogen-bond donors (Lipinski definition) is 2. The van der Waals surface area contributed by atoms with Gasteiger partial charge in [0.2, 0.25) is 0 Å². The number of hydrogen-bond acceptors (Lipinski definition) is 2. The van der Waals surface area contributed by atoms with E-state index in [4.69, 9.17) is 15.3 Å². The highest BCUT2D eigenvalue weighted by molar-refractivity contribution is 5.96. The number of para-hydroxylation sites is 2. The first-order valence-corrected chi connectivity index (χ1v) is 13.4. The molecule has 0 aliphatic rings. The second kappa shape index (κ2) is 10.7. The molecule has 202 valence electrons. The summed E-state index contributed by atoms with van der Waals surface area (Å²) in [5.41, 5.74) is 13.8. The molecular weight excluding hydrogens is 484 g/mol. The lowest BCUT2D eigenvalue weighted by atomic mass is 9.78. The molecule has 0 spiro atoms. The first-order chi connectivity index (χ1) is 22.2. The monoisotopic (exact) mass is 531 g/mol. The average molecular weight is 532 g/mol. The maximum atomic E-state index is 8.47. The van der Waals surface area contributed by atoms with Crippen molar-refractivity contribution in [3.63, 3.8) is 0 Å². The Bertz CT molecular complexity index is 1910. The third-order valence-electron chi connectivity index (χ3n) is 7.07. The summed E-state index contributed by atoms with van der Waals surface area (Å²) < 4.78 is 58.1. The number of nitrogens with one attached hydrogen (secondary N) is 1. The van der Waals surface area contributed by atoms with Crippen molar-refractivity contribution < 1.29 is 9.60 Å². The fourth-order valence-electron chi connectivity index (χ4n) is 4.89. The van der Waals surface area contributed by atoms with Crippen LogP contribution < -0.4 is 11.1 Å². The molecule has 0 aliphatic carbocycles. The maximum absolute atomic E-state index is 8.47. The zero-order valence-electron chi connectivity index (χ0n) is 30.6. The van der Waals surface area contributed by atoms with Crippen LogP contribution >= 0.6 is 0 Å². The molecule has 5 aromatic carbocycles. The number of anilines is 3. The highest BCUT2D eigenvalue weighted by Gasteiger charge is 2.25. The van der Waals surface area contributed by atoms with Crippen LogP contribution in [0.1, 0.15) is 62.2 Å². The standard InChI is InChI=1S/C38H40N2/c1-37(2,3)29-24-31(28-22-20-27(21-23-28)26-14-8-7-9-15-26)36(40-35-19-13-12-18-34(35)39)32(25-29)30-16-10-11-17-33(30)38(4,5)6/h7-25,40H,39H2,1-6H3/i1D,2D,7D,8D,9D,14D,15D. The van der Waals surface area contributed by atoms with Gasteiger partial charge in [0, 0.05) is 13.9 Å². The van der Waals surface area contributed by atoms with Crippen LogP contribution in [0.5, 0.6) is 0 Å². The van der Waals surface area contributed by atoms with Crippen molar-refractivity contribution in [2.45, 2.75) is 52.3 Å². The quantitative estimate of drug-likeness (QED) is 0.221. The van der Waals surface area contributed by atoms with Crippen LogP contribution in [0.25, 0.3) is 33.4 Å². The molecule has 5 aromatic rings. The van der Waals surface area contributed by atoms with Crippen LogP contribution in [0.4, 0.5) is 17.1 Å². The minimum absolute atomic E-state index is 0.0309. The van der Waals surface area contributed by atoms with Crippen LogP contribution in [0.15, 0.2) is 115 Å². The molecule has 0 unspecified atom stereocenters. The molecule has 0 atom stereocenters. The average Bonchev–Trinajstić information content (AvgIpc) is 3.07. The van der Waals surface area contributed by atoms with E-state index in [2.05, 4.69) is 44.3 Å². The van der Waals surface area contributed by atoms with Crippen LogP contribution in [0.2, 0.25) is 0 Å². The van der Waals surface area contributed by atoms with Gasteiger partial charge in [0.05, 0.1) is 23.9 Å². The van der Waals surface area contributed by atoms with Crippen molar-refractivity contribution in [3.05, 3.63) is 126 Å². The summed E-state index contributed by atoms with van der Waals surface area (Å²) in [6.07, 6.45) is 0. The van der Waals surface area contributed by atoms with Crippen molar-refractivity contribution in [3.8, 4) is 33.4 Å². The molecular formula is C38H40N2. The van der Waals surface area contributed by atoms with Crippen LogP contribution in [0, 0.1) is 0 Å². The first-order valence-electron chi connectivity index (χ1n) is 17.3. The summed E-state index contributed by atoms with van der Waals surface area (Å²) in [5.74, 6) is 0. The highest BCUT2D eigenvalue weighted by Crippen LogP contribution is 2.45. The molecule has 0 saturated heterocycles. The van der Waals surface area contributed by atoms with Crippen molar-refractivity contribution in [2.75, 3.05) is 11.1 Å². The second-order valence-electron chi connectivity index (χ2n) is 11.6. The Balaban J connectivity index is 1.83. The molecule has 2 heteroatoms. The number of nitrogens with two attached hydrogens (primary N) is 1. The van der Waals surface area contributed by atoms with E-state index >= 15 is 0 Å². The molecule has 0 heterocycles. The van der Waals surface area contributed by atoms with Crippen molar-refractivity contribution in [2.24, 2.45) is 0 Å². The van der Waals surface area contributed by atoms with Gasteiger partial charge < -0.3 is 11.1 Å². The molecule has 3 N–H and O–H groups in total. The van der Waals surface area contributed by atoms with E-state index in [-0.39, 0.29) is 48.9 Å². The maximum Gasteiger partial charge on any atom is 0.0629 e. The Kier molecular flexibility index (Phi) is 5.27. The summed E-state index contributed by atoms with van der Waals surface area (Å²) >= 11 is 0. The van der Waals surface area contributed by atoms with E-state index in [0.717, 1.165) is 44.8 Å². The van der Waals surface area contributed by atoms with E-state index in [1.165, 1.54) is 0 Å². The second-order valence-corrected chi connectivity index (χ2v) is 11.6. The third kappa shape index (κ3) is 5.67. The van der Waals surface area contributed by atoms with Gasteiger partial charge in [0.25, 0.3) is 0 Å². The molecule has 0 fully saturated rings. The Labute approximate surface area is 249 Å². The molecule has 0 aromatic heterocycles. The zero-order chi connectivity index (χ0) is 34.3. The molecule has 0 amide bonds. The van der Waals surface area contributed by atoms with E-state index < -0.39 is 11.5 Å². The largest absolute Gasteiger partial charge is 0.397 e. The molecule has 0 aliphatic heterocycles. The van der Waals surface area contributed by atoms with Gasteiger partial charge >= 0.3 is 0 Å². The zero-order valence-corrected chi connectivity index (χ0v) is 23.6. The van der Waals surface area contributed by atoms with E-state index in [0.29, 0.717) is 11.3 Å². The fourth-order valence-corrected chi connectivity index (χ4v) is 4.89. The van der Waals surface area contributed by atoms with Gasteiger partial charge in [-0.25, -0.2) is 0 Å². The van der Waals surface area contributed by atoms with Crippen LogP contribution in [0.3, 0.4) is 0 Å². The van der Waals surface area contributed by atoms with E-state index in [9.17, 15) is 0 Å². The lowest BCUT2D eigenvalue weighted by Crippen LogP contribution is -2.15. The molecule has 2 nitrogen and oxygen atoms in total. The smallest absolute Gasteiger partial charge is 0.0629 e. The van der Waals surface area contributed by atoms with Gasteiger partial charge in [0.15, 0.2) is 0 Å². The Hall–Kier alpha value is -4.30. The van der Waals surface area contributed by atoms with Gasteiger partial charge in [-0.05, 0) is 68.5 Å². The summed E-state index contributed by atoms with van der Waals surface area (Å²) in [6, 6.07) is 25.6. The minimum Gasteiger partial charge on any atom is -0.397 e. The summed E-state index contributed by atoms with van der Waals surface area (Å²) in [6.45, 7) is 8.53.